The first-order chi connectivity index (χ1) is 13.3. The first-order valence-corrected chi connectivity index (χ1v) is 10.2. The van der Waals surface area contributed by atoms with Gasteiger partial charge in [-0.1, -0.05) is 30.3 Å². The number of rotatable bonds is 3. The summed E-state index contributed by atoms with van der Waals surface area (Å²) in [6, 6.07) is 10.5. The van der Waals surface area contributed by atoms with Crippen LogP contribution in [0, 0.1) is 6.92 Å². The molecule has 1 N–H and O–H groups in total. The van der Waals surface area contributed by atoms with E-state index in [9.17, 15) is 0 Å². The summed E-state index contributed by atoms with van der Waals surface area (Å²) in [6.45, 7) is 3.96. The van der Waals surface area contributed by atoms with Gasteiger partial charge in [0, 0.05) is 42.3 Å². The Bertz CT molecular complexity index is 1050. The van der Waals surface area contributed by atoms with Crippen LogP contribution in [-0.2, 0) is 0 Å². The molecule has 5 nitrogen and oxygen atoms in total. The fraction of sp³-hybridized carbons (Fsp3) is 0.286. The van der Waals surface area contributed by atoms with Crippen LogP contribution in [0.2, 0.25) is 0 Å². The minimum Gasteiger partial charge on any atom is -0.356 e. The van der Waals surface area contributed by atoms with E-state index >= 15 is 0 Å². The van der Waals surface area contributed by atoms with E-state index in [-0.39, 0.29) is 0 Å². The number of hydrogen-bond donors (Lipinski definition) is 1. The zero-order chi connectivity index (χ0) is 18.2. The van der Waals surface area contributed by atoms with Crippen molar-refractivity contribution in [2.45, 2.75) is 25.7 Å². The maximum absolute atomic E-state index is 4.87. The predicted molar refractivity (Wildman–Crippen MR) is 110 cm³/mol. The lowest BCUT2D eigenvalue weighted by atomic mass is 9.95. The van der Waals surface area contributed by atoms with Gasteiger partial charge in [0.05, 0.1) is 5.39 Å². The Labute approximate surface area is 162 Å². The maximum Gasteiger partial charge on any atom is 0.141 e. The van der Waals surface area contributed by atoms with Gasteiger partial charge in [0.25, 0.3) is 0 Å². The maximum atomic E-state index is 4.87. The van der Waals surface area contributed by atoms with E-state index in [1.54, 1.807) is 11.3 Å². The van der Waals surface area contributed by atoms with Crippen molar-refractivity contribution >= 4 is 27.4 Å². The second-order valence-corrected chi connectivity index (χ2v) is 7.88. The number of anilines is 1. The largest absolute Gasteiger partial charge is 0.356 e. The molecule has 4 aromatic rings. The monoisotopic (exact) mass is 375 g/mol. The molecule has 1 fully saturated rings. The third-order valence-corrected chi connectivity index (χ3v) is 6.18. The minimum atomic E-state index is 0.505. The highest BCUT2D eigenvalue weighted by Crippen LogP contribution is 2.39. The van der Waals surface area contributed by atoms with Crippen LogP contribution < -0.4 is 4.90 Å². The number of fused-ring (bicyclic) bond motifs is 1. The molecule has 0 unspecified atom stereocenters. The van der Waals surface area contributed by atoms with Gasteiger partial charge in [-0.15, -0.1) is 11.3 Å². The summed E-state index contributed by atoms with van der Waals surface area (Å²) in [7, 11) is 0. The summed E-state index contributed by atoms with van der Waals surface area (Å²) in [5.74, 6) is 3.53. The Hall–Kier alpha value is -2.73. The summed E-state index contributed by atoms with van der Waals surface area (Å²) >= 11 is 1.71. The molecule has 0 atom stereocenters. The second-order valence-electron chi connectivity index (χ2n) is 7.03. The molecule has 3 aromatic heterocycles. The van der Waals surface area contributed by atoms with Gasteiger partial charge in [-0.2, -0.15) is 0 Å². The highest BCUT2D eigenvalue weighted by atomic mass is 32.1. The van der Waals surface area contributed by atoms with Crippen LogP contribution in [0.4, 0.5) is 5.82 Å². The van der Waals surface area contributed by atoms with Crippen molar-refractivity contribution in [3.8, 4) is 11.1 Å². The van der Waals surface area contributed by atoms with E-state index in [4.69, 9.17) is 9.97 Å². The minimum absolute atomic E-state index is 0.505. The molecule has 0 bridgehead atoms. The van der Waals surface area contributed by atoms with Crippen LogP contribution in [0.1, 0.15) is 30.4 Å². The molecule has 0 radical (unpaired) electrons. The molecule has 6 heteroatoms. The predicted octanol–water partition coefficient (Wildman–Crippen LogP) is 4.77. The lowest BCUT2D eigenvalue weighted by Gasteiger charge is -2.32. The van der Waals surface area contributed by atoms with Crippen LogP contribution >= 0.6 is 11.3 Å². The van der Waals surface area contributed by atoms with Crippen molar-refractivity contribution in [2.24, 2.45) is 0 Å². The summed E-state index contributed by atoms with van der Waals surface area (Å²) in [5, 5.41) is 3.40. The summed E-state index contributed by atoms with van der Waals surface area (Å²) < 4.78 is 0. The second kappa shape index (κ2) is 6.78. The van der Waals surface area contributed by atoms with Crippen molar-refractivity contribution in [3.63, 3.8) is 0 Å². The van der Waals surface area contributed by atoms with Gasteiger partial charge in [0.15, 0.2) is 0 Å². The summed E-state index contributed by atoms with van der Waals surface area (Å²) in [6.07, 6.45) is 5.93. The van der Waals surface area contributed by atoms with Crippen molar-refractivity contribution < 1.29 is 0 Å². The van der Waals surface area contributed by atoms with Gasteiger partial charge in [0.1, 0.15) is 22.3 Å². The van der Waals surface area contributed by atoms with Crippen molar-refractivity contribution in [2.75, 3.05) is 18.0 Å². The van der Waals surface area contributed by atoms with Gasteiger partial charge < -0.3 is 9.88 Å². The molecule has 0 aliphatic carbocycles. The van der Waals surface area contributed by atoms with E-state index in [1.807, 2.05) is 19.3 Å². The zero-order valence-electron chi connectivity index (χ0n) is 15.2. The number of imidazole rings is 1. The van der Waals surface area contributed by atoms with Crippen LogP contribution in [0.25, 0.3) is 21.3 Å². The molecular formula is C21H21N5S. The van der Waals surface area contributed by atoms with Gasteiger partial charge in [-0.3, -0.25) is 0 Å². The number of benzene rings is 1. The molecule has 0 spiro atoms. The van der Waals surface area contributed by atoms with Gasteiger partial charge in [-0.05, 0) is 25.3 Å². The Morgan fingerprint density at radius 2 is 1.93 bits per heavy atom. The highest BCUT2D eigenvalue weighted by molar-refractivity contribution is 7.17. The van der Waals surface area contributed by atoms with E-state index in [2.05, 4.69) is 50.6 Å². The summed E-state index contributed by atoms with van der Waals surface area (Å²) in [4.78, 5) is 20.8. The van der Waals surface area contributed by atoms with Crippen LogP contribution in [0.5, 0.6) is 0 Å². The summed E-state index contributed by atoms with van der Waals surface area (Å²) in [5.41, 5.74) is 2.46. The molecule has 0 saturated carbocycles. The lowest BCUT2D eigenvalue weighted by Crippen LogP contribution is -2.34. The molecule has 0 amide bonds. The quantitative estimate of drug-likeness (QED) is 0.560. The molecule has 27 heavy (non-hydrogen) atoms. The average molecular weight is 376 g/mol. The average Bonchev–Trinajstić information content (AvgIpc) is 3.38. The van der Waals surface area contributed by atoms with Gasteiger partial charge >= 0.3 is 0 Å². The number of nitrogens with one attached hydrogen (secondary N) is 1. The fourth-order valence-corrected chi connectivity index (χ4v) is 4.94. The van der Waals surface area contributed by atoms with Crippen molar-refractivity contribution in [1.29, 1.82) is 0 Å². The zero-order valence-corrected chi connectivity index (χ0v) is 16.0. The van der Waals surface area contributed by atoms with Crippen LogP contribution in [0.3, 0.4) is 0 Å². The number of thiophene rings is 1. The number of H-pyrrole nitrogens is 1. The first kappa shape index (κ1) is 16.4. The first-order valence-electron chi connectivity index (χ1n) is 9.35. The topological polar surface area (TPSA) is 57.7 Å². The van der Waals surface area contributed by atoms with E-state index in [1.165, 1.54) is 16.5 Å². The van der Waals surface area contributed by atoms with E-state index in [0.717, 1.165) is 48.2 Å². The molecule has 1 saturated heterocycles. The third kappa shape index (κ3) is 3.00. The molecule has 5 rings (SSSR count). The SMILES string of the molecule is Cc1nc(N2CCC(c3ncc[nH]3)CC2)c2c(-c3ccccc3)csc2n1. The Morgan fingerprint density at radius 1 is 1.11 bits per heavy atom. The Kier molecular flexibility index (Phi) is 4.13. The standard InChI is InChI=1S/C21H21N5S/c1-14-24-20(26-11-7-16(8-12-26)19-22-9-10-23-19)18-17(13-27-21(18)25-14)15-5-3-2-4-6-15/h2-6,9-10,13,16H,7-8,11-12H2,1H3,(H,22,23). The smallest absolute Gasteiger partial charge is 0.141 e. The molecular weight excluding hydrogens is 354 g/mol. The molecule has 1 aliphatic rings. The van der Waals surface area contributed by atoms with Crippen molar-refractivity contribution in [1.82, 2.24) is 19.9 Å². The molecule has 4 heterocycles. The number of piperidine rings is 1. The number of aromatic nitrogens is 4. The normalized spacial score (nSPS) is 15.5. The lowest BCUT2D eigenvalue weighted by molar-refractivity contribution is 0.487. The Morgan fingerprint density at radius 3 is 2.67 bits per heavy atom. The molecule has 136 valence electrons. The van der Waals surface area contributed by atoms with Gasteiger partial charge in [0.2, 0.25) is 0 Å². The number of aryl methyl sites for hydroxylation is 1. The van der Waals surface area contributed by atoms with Crippen LogP contribution in [0.15, 0.2) is 48.1 Å². The fourth-order valence-electron chi connectivity index (χ4n) is 3.95. The van der Waals surface area contributed by atoms with Gasteiger partial charge in [-0.25, -0.2) is 15.0 Å². The third-order valence-electron chi connectivity index (χ3n) is 5.31. The van der Waals surface area contributed by atoms with E-state index in [0.29, 0.717) is 5.92 Å². The Balaban J connectivity index is 1.52. The van der Waals surface area contributed by atoms with Crippen molar-refractivity contribution in [3.05, 3.63) is 59.8 Å². The molecule has 1 aromatic carbocycles. The molecule has 1 aliphatic heterocycles. The van der Waals surface area contributed by atoms with E-state index < -0.39 is 0 Å². The number of aromatic amines is 1. The highest BCUT2D eigenvalue weighted by Gasteiger charge is 2.26. The number of nitrogens with zero attached hydrogens (tertiary/aromatic N) is 4. The number of hydrogen-bond acceptors (Lipinski definition) is 5. The van der Waals surface area contributed by atoms with Crippen LogP contribution in [-0.4, -0.2) is 33.0 Å².